The van der Waals surface area contributed by atoms with E-state index in [0.29, 0.717) is 31.1 Å². The maximum absolute atomic E-state index is 12.9. The summed E-state index contributed by atoms with van der Waals surface area (Å²) in [6.07, 6.45) is 4.21. The first-order valence-electron chi connectivity index (χ1n) is 11.7. The number of piperidine rings is 1. The number of hydrogen-bond donors (Lipinski definition) is 1. The van der Waals surface area contributed by atoms with Crippen molar-refractivity contribution in [1.29, 1.82) is 0 Å². The number of carbonyl (C=O) groups is 2. The van der Waals surface area contributed by atoms with Crippen molar-refractivity contribution < 1.29 is 14.3 Å². The van der Waals surface area contributed by atoms with Crippen LogP contribution in [0.25, 0.3) is 10.9 Å². The van der Waals surface area contributed by atoms with Gasteiger partial charge in [-0.2, -0.15) is 0 Å². The van der Waals surface area contributed by atoms with Crippen LogP contribution < -0.4 is 0 Å². The molecule has 1 N–H and O–H groups in total. The molecule has 0 aliphatic carbocycles. The van der Waals surface area contributed by atoms with Crippen LogP contribution in [0.1, 0.15) is 53.7 Å². The number of benzene rings is 1. The molecule has 3 aromatic rings. The zero-order valence-electron chi connectivity index (χ0n) is 19.1. The third kappa shape index (κ3) is 4.68. The van der Waals surface area contributed by atoms with Gasteiger partial charge in [-0.25, -0.2) is 4.98 Å². The molecule has 2 unspecified atom stereocenters. The van der Waals surface area contributed by atoms with Crippen molar-refractivity contribution in [2.75, 3.05) is 26.2 Å². The fourth-order valence-corrected chi connectivity index (χ4v) is 5.97. The number of nitrogens with zero attached hydrogens (tertiary/aromatic N) is 3. The first-order valence-corrected chi connectivity index (χ1v) is 12.6. The highest BCUT2D eigenvalue weighted by atomic mass is 32.1. The number of nitrogens with one attached hydrogen (secondary N) is 1. The lowest BCUT2D eigenvalue weighted by Crippen LogP contribution is -2.48. The first-order chi connectivity index (χ1) is 16.0. The van der Waals surface area contributed by atoms with E-state index < -0.39 is 0 Å². The number of likely N-dealkylation sites (tertiary alicyclic amines) is 1. The molecule has 2 atom stereocenters. The number of morpholine rings is 1. The molecule has 2 saturated heterocycles. The van der Waals surface area contributed by atoms with E-state index in [9.17, 15) is 9.59 Å². The van der Waals surface area contributed by atoms with Crippen LogP contribution in [0.4, 0.5) is 0 Å². The molecule has 2 aliphatic heterocycles. The molecule has 0 spiro atoms. The Hall–Kier alpha value is -2.71. The average Bonchev–Trinajstić information content (AvgIpc) is 3.46. The van der Waals surface area contributed by atoms with Gasteiger partial charge in [0.2, 0.25) is 5.91 Å². The molecule has 0 radical (unpaired) electrons. The number of H-pyrrole nitrogens is 1. The molecule has 33 heavy (non-hydrogen) atoms. The molecule has 2 fully saturated rings. The number of thiazole rings is 1. The predicted octanol–water partition coefficient (Wildman–Crippen LogP) is 3.82. The molecular formula is C25H30N4O3S. The van der Waals surface area contributed by atoms with Gasteiger partial charge in [0, 0.05) is 54.6 Å². The van der Waals surface area contributed by atoms with Gasteiger partial charge in [-0.05, 0) is 38.3 Å². The molecule has 8 heteroatoms. The van der Waals surface area contributed by atoms with Gasteiger partial charge < -0.3 is 19.5 Å². The van der Waals surface area contributed by atoms with Gasteiger partial charge in [-0.15, -0.1) is 11.3 Å². The summed E-state index contributed by atoms with van der Waals surface area (Å²) >= 11 is 1.57. The van der Waals surface area contributed by atoms with E-state index in [-0.39, 0.29) is 24.0 Å². The topological polar surface area (TPSA) is 78.5 Å². The summed E-state index contributed by atoms with van der Waals surface area (Å²) in [5.74, 6) is 0.464. The Bertz CT molecular complexity index is 1140. The average molecular weight is 467 g/mol. The minimum Gasteiger partial charge on any atom is -0.372 e. The lowest BCUT2D eigenvalue weighted by molar-refractivity contribution is -0.131. The standard InChI is InChI=1S/C25H30N4O3S/c1-16-13-29(14-17(2)32-16)25(31)22-15-33-24(27-22)18-7-9-28(10-8-18)23(30)11-19-12-26-21-6-4-3-5-20(19)21/h3-6,12,15-18,26H,7-11,13-14H2,1-2H3. The summed E-state index contributed by atoms with van der Waals surface area (Å²) in [6.45, 7) is 6.66. The molecule has 7 nitrogen and oxygen atoms in total. The van der Waals surface area contributed by atoms with E-state index >= 15 is 0 Å². The Kier molecular flexibility index (Phi) is 6.21. The molecule has 2 amide bonds. The summed E-state index contributed by atoms with van der Waals surface area (Å²) in [6, 6.07) is 8.08. The third-order valence-electron chi connectivity index (χ3n) is 6.66. The quantitative estimate of drug-likeness (QED) is 0.634. The second-order valence-electron chi connectivity index (χ2n) is 9.23. The smallest absolute Gasteiger partial charge is 0.273 e. The van der Waals surface area contributed by atoms with Crippen LogP contribution in [0.5, 0.6) is 0 Å². The van der Waals surface area contributed by atoms with E-state index in [2.05, 4.69) is 11.1 Å². The number of aromatic amines is 1. The molecule has 2 aromatic heterocycles. The van der Waals surface area contributed by atoms with E-state index in [0.717, 1.165) is 47.4 Å². The molecule has 5 rings (SSSR count). The lowest BCUT2D eigenvalue weighted by atomic mass is 9.97. The fourth-order valence-electron chi connectivity index (χ4n) is 5.01. The number of rotatable bonds is 4. The van der Waals surface area contributed by atoms with Crippen LogP contribution in [0, 0.1) is 0 Å². The minimum atomic E-state index is -0.00848. The van der Waals surface area contributed by atoms with Gasteiger partial charge in [0.1, 0.15) is 5.69 Å². The minimum absolute atomic E-state index is 0.00848. The van der Waals surface area contributed by atoms with Gasteiger partial charge in [0.15, 0.2) is 0 Å². The Morgan fingerprint density at radius 3 is 2.61 bits per heavy atom. The van der Waals surface area contributed by atoms with Crippen LogP contribution in [0.3, 0.4) is 0 Å². The van der Waals surface area contributed by atoms with Gasteiger partial charge in [-0.3, -0.25) is 9.59 Å². The van der Waals surface area contributed by atoms with Crippen molar-refractivity contribution in [2.45, 2.75) is 51.2 Å². The largest absolute Gasteiger partial charge is 0.372 e. The zero-order chi connectivity index (χ0) is 22.9. The van der Waals surface area contributed by atoms with E-state index in [1.165, 1.54) is 0 Å². The number of fused-ring (bicyclic) bond motifs is 1. The van der Waals surface area contributed by atoms with Crippen LogP contribution >= 0.6 is 11.3 Å². The van der Waals surface area contributed by atoms with Crippen molar-refractivity contribution in [2.24, 2.45) is 0 Å². The highest BCUT2D eigenvalue weighted by Gasteiger charge is 2.30. The summed E-state index contributed by atoms with van der Waals surface area (Å²) < 4.78 is 5.74. The zero-order valence-corrected chi connectivity index (χ0v) is 19.9. The van der Waals surface area contributed by atoms with Crippen LogP contribution in [0.2, 0.25) is 0 Å². The number of para-hydroxylation sites is 1. The van der Waals surface area contributed by atoms with Gasteiger partial charge in [0.05, 0.1) is 23.6 Å². The molecule has 0 bridgehead atoms. The molecule has 4 heterocycles. The van der Waals surface area contributed by atoms with Gasteiger partial charge in [0.25, 0.3) is 5.91 Å². The Balaban J connectivity index is 1.17. The second kappa shape index (κ2) is 9.27. The van der Waals surface area contributed by atoms with Crippen molar-refractivity contribution in [1.82, 2.24) is 19.8 Å². The second-order valence-corrected chi connectivity index (χ2v) is 10.1. The number of ether oxygens (including phenoxy) is 1. The summed E-state index contributed by atoms with van der Waals surface area (Å²) in [5.41, 5.74) is 2.65. The Labute approximate surface area is 197 Å². The highest BCUT2D eigenvalue weighted by Crippen LogP contribution is 2.31. The van der Waals surface area contributed by atoms with Gasteiger partial charge >= 0.3 is 0 Å². The van der Waals surface area contributed by atoms with Crippen molar-refractivity contribution in [3.8, 4) is 0 Å². The highest BCUT2D eigenvalue weighted by molar-refractivity contribution is 7.09. The van der Waals surface area contributed by atoms with Crippen LogP contribution in [-0.4, -0.2) is 70.0 Å². The Morgan fingerprint density at radius 2 is 1.85 bits per heavy atom. The molecule has 1 aromatic carbocycles. The number of amides is 2. The number of carbonyl (C=O) groups excluding carboxylic acids is 2. The fraction of sp³-hybridized carbons (Fsp3) is 0.480. The monoisotopic (exact) mass is 466 g/mol. The summed E-state index contributed by atoms with van der Waals surface area (Å²) in [5, 5.41) is 4.01. The molecule has 174 valence electrons. The number of hydrogen-bond acceptors (Lipinski definition) is 5. The molecule has 0 saturated carbocycles. The maximum atomic E-state index is 12.9. The summed E-state index contributed by atoms with van der Waals surface area (Å²) in [4.78, 5) is 37.6. The molecular weight excluding hydrogens is 436 g/mol. The van der Waals surface area contributed by atoms with Crippen molar-refractivity contribution in [3.63, 3.8) is 0 Å². The maximum Gasteiger partial charge on any atom is 0.273 e. The summed E-state index contributed by atoms with van der Waals surface area (Å²) in [7, 11) is 0. The first kappa shape index (κ1) is 22.1. The van der Waals surface area contributed by atoms with E-state index in [1.54, 1.807) is 11.3 Å². The third-order valence-corrected chi connectivity index (χ3v) is 7.67. The molecule has 2 aliphatic rings. The normalized spacial score (nSPS) is 22.1. The van der Waals surface area contributed by atoms with Crippen molar-refractivity contribution >= 4 is 34.1 Å². The Morgan fingerprint density at radius 1 is 1.12 bits per heavy atom. The van der Waals surface area contributed by atoms with E-state index in [4.69, 9.17) is 9.72 Å². The predicted molar refractivity (Wildman–Crippen MR) is 129 cm³/mol. The van der Waals surface area contributed by atoms with Crippen molar-refractivity contribution in [3.05, 3.63) is 52.1 Å². The van der Waals surface area contributed by atoms with Crippen LogP contribution in [-0.2, 0) is 16.0 Å². The van der Waals surface area contributed by atoms with Crippen LogP contribution in [0.15, 0.2) is 35.8 Å². The number of aromatic nitrogens is 2. The lowest BCUT2D eigenvalue weighted by Gasteiger charge is -2.35. The van der Waals surface area contributed by atoms with E-state index in [1.807, 2.05) is 53.4 Å². The SMILES string of the molecule is CC1CN(C(=O)c2csc(C3CCN(C(=O)Cc4c[nH]c5ccccc45)CC3)n2)CC(C)O1. The van der Waals surface area contributed by atoms with Gasteiger partial charge in [-0.1, -0.05) is 18.2 Å².